The van der Waals surface area contributed by atoms with Crippen LogP contribution in [0.3, 0.4) is 0 Å². The Bertz CT molecular complexity index is 636. The van der Waals surface area contributed by atoms with Crippen molar-refractivity contribution < 1.29 is 9.47 Å². The number of halogens is 1. The number of hydrogen-bond acceptors (Lipinski definition) is 2. The summed E-state index contributed by atoms with van der Waals surface area (Å²) >= 11 is 2.51. The summed E-state index contributed by atoms with van der Waals surface area (Å²) in [6, 6.07) is 10.3. The molecule has 216 valence electrons. The van der Waals surface area contributed by atoms with Gasteiger partial charge in [-0.15, -0.1) is 0 Å². The zero-order valence-electron chi connectivity index (χ0n) is 25.5. The van der Waals surface area contributed by atoms with E-state index in [9.17, 15) is 0 Å². The molecule has 0 heterocycles. The van der Waals surface area contributed by atoms with Crippen LogP contribution in [0.5, 0.6) is 0 Å². The third-order valence-electron chi connectivity index (χ3n) is 7.92. The molecule has 2 nitrogen and oxygen atoms in total. The van der Waals surface area contributed by atoms with Gasteiger partial charge in [-0.05, 0) is 116 Å². The highest BCUT2D eigenvalue weighted by Crippen LogP contribution is 2.30. The van der Waals surface area contributed by atoms with Gasteiger partial charge in [0.1, 0.15) is 6.79 Å². The molecule has 0 aliphatic rings. The SMILES string of the molecule is CC(CCCI)CC(C)CC(C)CC(C)CC(C)CC(C)CC(C)CCCOCOCc1ccccc1. The minimum Gasteiger partial charge on any atom is -0.355 e. The average Bonchev–Trinajstić information content (AvgIpc) is 2.82. The van der Waals surface area contributed by atoms with Crippen molar-refractivity contribution in [2.45, 2.75) is 119 Å². The maximum atomic E-state index is 5.69. The van der Waals surface area contributed by atoms with Gasteiger partial charge in [0, 0.05) is 6.61 Å². The van der Waals surface area contributed by atoms with Gasteiger partial charge in [0.2, 0.25) is 0 Å². The van der Waals surface area contributed by atoms with Crippen molar-refractivity contribution in [2.75, 3.05) is 17.8 Å². The molecule has 0 N–H and O–H groups in total. The molecule has 0 aliphatic carbocycles. The van der Waals surface area contributed by atoms with E-state index in [0.29, 0.717) is 13.4 Å². The summed E-state index contributed by atoms with van der Waals surface area (Å²) in [5, 5.41) is 0. The van der Waals surface area contributed by atoms with Crippen LogP contribution in [0.1, 0.15) is 118 Å². The highest BCUT2D eigenvalue weighted by Gasteiger charge is 2.18. The van der Waals surface area contributed by atoms with Crippen molar-refractivity contribution in [3.8, 4) is 0 Å². The standard InChI is InChI=1S/C34H61IO2/c1-27(13-11-17-35)19-29(3)21-31(5)23-33(7)24-32(6)22-30(4)20-28(2)14-12-18-36-26-37-25-34-15-9-8-10-16-34/h8-10,15-16,27-33H,11-14,17-26H2,1-7H3. The van der Waals surface area contributed by atoms with Gasteiger partial charge in [0.25, 0.3) is 0 Å². The van der Waals surface area contributed by atoms with E-state index in [1.54, 1.807) is 0 Å². The Balaban J connectivity index is 2.10. The van der Waals surface area contributed by atoms with Gasteiger partial charge in [-0.1, -0.05) is 101 Å². The van der Waals surface area contributed by atoms with Crippen LogP contribution >= 0.6 is 22.6 Å². The van der Waals surface area contributed by atoms with Crippen molar-refractivity contribution >= 4 is 22.6 Å². The van der Waals surface area contributed by atoms with Gasteiger partial charge in [0.05, 0.1) is 6.61 Å². The molecule has 7 atom stereocenters. The van der Waals surface area contributed by atoms with Gasteiger partial charge in [-0.3, -0.25) is 0 Å². The Morgan fingerprint density at radius 3 is 1.46 bits per heavy atom. The first-order valence-corrected chi connectivity index (χ1v) is 17.0. The first-order valence-electron chi connectivity index (χ1n) is 15.4. The van der Waals surface area contributed by atoms with E-state index in [2.05, 4.69) is 83.2 Å². The lowest BCUT2D eigenvalue weighted by Crippen LogP contribution is -2.14. The van der Waals surface area contributed by atoms with Gasteiger partial charge in [-0.2, -0.15) is 0 Å². The van der Waals surface area contributed by atoms with E-state index in [1.807, 2.05) is 18.2 Å². The summed E-state index contributed by atoms with van der Waals surface area (Å²) in [5.41, 5.74) is 1.20. The highest BCUT2D eigenvalue weighted by atomic mass is 127. The van der Waals surface area contributed by atoms with Gasteiger partial charge in [-0.25, -0.2) is 0 Å². The molecule has 0 bridgehead atoms. The normalized spacial score (nSPS) is 17.6. The minimum absolute atomic E-state index is 0.394. The molecule has 1 rings (SSSR count). The number of benzene rings is 1. The second-order valence-corrected chi connectivity index (χ2v) is 14.1. The molecule has 37 heavy (non-hydrogen) atoms. The Morgan fingerprint density at radius 1 is 0.568 bits per heavy atom. The Kier molecular flexibility index (Phi) is 20.4. The first-order chi connectivity index (χ1) is 17.7. The van der Waals surface area contributed by atoms with Crippen LogP contribution in [0.25, 0.3) is 0 Å². The quantitative estimate of drug-likeness (QED) is 0.0520. The molecule has 0 amide bonds. The largest absolute Gasteiger partial charge is 0.355 e. The molecule has 0 fully saturated rings. The lowest BCUT2D eigenvalue weighted by atomic mass is 9.80. The van der Waals surface area contributed by atoms with Gasteiger partial charge in [0.15, 0.2) is 0 Å². The minimum atomic E-state index is 0.394. The lowest BCUT2D eigenvalue weighted by molar-refractivity contribution is -0.0628. The Labute approximate surface area is 245 Å². The first kappa shape index (κ1) is 34.9. The van der Waals surface area contributed by atoms with Crippen molar-refractivity contribution in [3.05, 3.63) is 35.9 Å². The topological polar surface area (TPSA) is 18.5 Å². The molecule has 0 radical (unpaired) electrons. The fourth-order valence-corrected chi connectivity index (χ4v) is 7.09. The predicted octanol–water partition coefficient (Wildman–Crippen LogP) is 11.0. The highest BCUT2D eigenvalue weighted by molar-refractivity contribution is 14.1. The van der Waals surface area contributed by atoms with Crippen molar-refractivity contribution in [3.63, 3.8) is 0 Å². The summed E-state index contributed by atoms with van der Waals surface area (Å²) in [6.45, 7) is 19.1. The van der Waals surface area contributed by atoms with Gasteiger partial charge >= 0.3 is 0 Å². The van der Waals surface area contributed by atoms with E-state index in [0.717, 1.165) is 54.5 Å². The number of rotatable bonds is 23. The molecule has 0 aromatic heterocycles. The van der Waals surface area contributed by atoms with Crippen molar-refractivity contribution in [1.82, 2.24) is 0 Å². The molecule has 1 aromatic carbocycles. The fraction of sp³-hybridized carbons (Fsp3) is 0.824. The summed E-state index contributed by atoms with van der Waals surface area (Å²) in [6.07, 6.45) is 13.5. The molecule has 0 spiro atoms. The summed E-state index contributed by atoms with van der Waals surface area (Å²) in [4.78, 5) is 0. The number of hydrogen-bond donors (Lipinski definition) is 0. The molecule has 0 aliphatic heterocycles. The monoisotopic (exact) mass is 628 g/mol. The van der Waals surface area contributed by atoms with Crippen LogP contribution in [-0.2, 0) is 16.1 Å². The van der Waals surface area contributed by atoms with Crippen LogP contribution in [0.4, 0.5) is 0 Å². The molecule has 1 aromatic rings. The lowest BCUT2D eigenvalue weighted by Gasteiger charge is -2.26. The van der Waals surface area contributed by atoms with E-state index in [-0.39, 0.29) is 0 Å². The number of alkyl halides is 1. The van der Waals surface area contributed by atoms with E-state index < -0.39 is 0 Å². The molecular weight excluding hydrogens is 567 g/mol. The van der Waals surface area contributed by atoms with Crippen LogP contribution in [0, 0.1) is 41.4 Å². The van der Waals surface area contributed by atoms with Crippen LogP contribution in [0.2, 0.25) is 0 Å². The number of ether oxygens (including phenoxy) is 2. The Morgan fingerprint density at radius 2 is 1.00 bits per heavy atom. The van der Waals surface area contributed by atoms with Crippen LogP contribution < -0.4 is 0 Å². The zero-order chi connectivity index (χ0) is 27.5. The smallest absolute Gasteiger partial charge is 0.147 e. The molecule has 3 heteroatoms. The summed E-state index contributed by atoms with van der Waals surface area (Å²) in [7, 11) is 0. The summed E-state index contributed by atoms with van der Waals surface area (Å²) < 4.78 is 12.6. The van der Waals surface area contributed by atoms with E-state index in [4.69, 9.17) is 9.47 Å². The molecular formula is C34H61IO2. The van der Waals surface area contributed by atoms with E-state index in [1.165, 1.54) is 67.8 Å². The molecule has 0 saturated carbocycles. The van der Waals surface area contributed by atoms with Crippen LogP contribution in [0.15, 0.2) is 30.3 Å². The third-order valence-corrected chi connectivity index (χ3v) is 8.69. The summed E-state index contributed by atoms with van der Waals surface area (Å²) in [5.74, 6) is 5.89. The van der Waals surface area contributed by atoms with Crippen molar-refractivity contribution in [2.24, 2.45) is 41.4 Å². The maximum Gasteiger partial charge on any atom is 0.147 e. The Hall–Kier alpha value is -0.130. The molecule has 7 unspecified atom stereocenters. The van der Waals surface area contributed by atoms with Gasteiger partial charge < -0.3 is 9.47 Å². The second kappa shape index (κ2) is 21.7. The maximum absolute atomic E-state index is 5.69. The second-order valence-electron chi connectivity index (χ2n) is 13.0. The third kappa shape index (κ3) is 19.6. The van der Waals surface area contributed by atoms with Crippen LogP contribution in [-0.4, -0.2) is 17.8 Å². The molecule has 0 saturated heterocycles. The van der Waals surface area contributed by atoms with E-state index >= 15 is 0 Å². The predicted molar refractivity (Wildman–Crippen MR) is 171 cm³/mol. The average molecular weight is 629 g/mol. The van der Waals surface area contributed by atoms with Crippen molar-refractivity contribution in [1.29, 1.82) is 0 Å². The zero-order valence-corrected chi connectivity index (χ0v) is 27.7. The fourth-order valence-electron chi connectivity index (χ4n) is 6.65.